The molecule has 0 radical (unpaired) electrons. The van der Waals surface area contributed by atoms with Gasteiger partial charge in [-0.3, -0.25) is 9.78 Å². The third kappa shape index (κ3) is 4.17. The lowest BCUT2D eigenvalue weighted by Gasteiger charge is -2.23. The van der Waals surface area contributed by atoms with Crippen LogP contribution in [0, 0.1) is 0 Å². The number of rotatable bonds is 5. The Morgan fingerprint density at radius 1 is 1.08 bits per heavy atom. The molecule has 0 aliphatic heterocycles. The van der Waals surface area contributed by atoms with Crippen molar-refractivity contribution in [2.45, 2.75) is 6.54 Å². The summed E-state index contributed by atoms with van der Waals surface area (Å²) in [6.07, 6.45) is 3.46. The third-order valence-corrected chi connectivity index (χ3v) is 4.04. The van der Waals surface area contributed by atoms with Crippen LogP contribution in [0.2, 0.25) is 5.02 Å². The standard InChI is InChI=1S/C20H17ClN2O2/c1-25-19-10-4-16(5-11-19)20(24)23(14-15-3-2-12-22-13-15)18-8-6-17(21)7-9-18/h2-13H,14H2,1H3. The van der Waals surface area contributed by atoms with Gasteiger partial charge in [0.05, 0.1) is 13.7 Å². The van der Waals surface area contributed by atoms with Crippen LogP contribution in [-0.2, 0) is 6.54 Å². The molecule has 126 valence electrons. The van der Waals surface area contributed by atoms with E-state index in [4.69, 9.17) is 16.3 Å². The fraction of sp³-hybridized carbons (Fsp3) is 0.100. The Kier molecular flexibility index (Phi) is 5.31. The first-order valence-electron chi connectivity index (χ1n) is 7.78. The predicted octanol–water partition coefficient (Wildman–Crippen LogP) is 4.59. The quantitative estimate of drug-likeness (QED) is 0.674. The van der Waals surface area contributed by atoms with Gasteiger partial charge in [-0.1, -0.05) is 17.7 Å². The number of carbonyl (C=O) groups is 1. The molecule has 0 aliphatic rings. The molecular formula is C20H17ClN2O2. The van der Waals surface area contributed by atoms with E-state index in [1.54, 1.807) is 60.8 Å². The van der Waals surface area contributed by atoms with Crippen LogP contribution in [0.4, 0.5) is 5.69 Å². The van der Waals surface area contributed by atoms with Crippen molar-refractivity contribution < 1.29 is 9.53 Å². The van der Waals surface area contributed by atoms with E-state index in [1.807, 2.05) is 24.3 Å². The summed E-state index contributed by atoms with van der Waals surface area (Å²) in [5.74, 6) is 0.607. The van der Waals surface area contributed by atoms with Crippen LogP contribution in [0.1, 0.15) is 15.9 Å². The van der Waals surface area contributed by atoms with E-state index in [0.717, 1.165) is 11.3 Å². The van der Waals surface area contributed by atoms with E-state index in [2.05, 4.69) is 4.98 Å². The van der Waals surface area contributed by atoms with Crippen molar-refractivity contribution in [3.63, 3.8) is 0 Å². The highest BCUT2D eigenvalue weighted by Gasteiger charge is 2.18. The van der Waals surface area contributed by atoms with Gasteiger partial charge in [0.1, 0.15) is 5.75 Å². The van der Waals surface area contributed by atoms with Crippen LogP contribution in [-0.4, -0.2) is 18.0 Å². The molecule has 0 saturated carbocycles. The van der Waals surface area contributed by atoms with Crippen LogP contribution in [0.25, 0.3) is 0 Å². The first-order chi connectivity index (χ1) is 12.2. The summed E-state index contributed by atoms with van der Waals surface area (Å²) in [5.41, 5.74) is 2.30. The van der Waals surface area contributed by atoms with E-state index in [-0.39, 0.29) is 5.91 Å². The minimum absolute atomic E-state index is 0.103. The van der Waals surface area contributed by atoms with Gasteiger partial charge in [0.2, 0.25) is 0 Å². The maximum absolute atomic E-state index is 13.1. The highest BCUT2D eigenvalue weighted by atomic mass is 35.5. The van der Waals surface area contributed by atoms with Gasteiger partial charge in [0, 0.05) is 28.7 Å². The molecule has 0 saturated heterocycles. The Hall–Kier alpha value is -2.85. The van der Waals surface area contributed by atoms with E-state index in [1.165, 1.54) is 0 Å². The van der Waals surface area contributed by atoms with E-state index < -0.39 is 0 Å². The molecule has 4 nitrogen and oxygen atoms in total. The molecule has 0 spiro atoms. The molecule has 5 heteroatoms. The number of ether oxygens (including phenoxy) is 1. The second kappa shape index (κ2) is 7.81. The summed E-state index contributed by atoms with van der Waals surface area (Å²) >= 11 is 5.98. The number of hydrogen-bond donors (Lipinski definition) is 0. The lowest BCUT2D eigenvalue weighted by molar-refractivity contribution is 0.0985. The molecule has 0 bridgehead atoms. The Morgan fingerprint density at radius 3 is 2.40 bits per heavy atom. The van der Waals surface area contributed by atoms with Crippen LogP contribution < -0.4 is 9.64 Å². The molecule has 0 fully saturated rings. The number of amides is 1. The van der Waals surface area contributed by atoms with Crippen molar-refractivity contribution >= 4 is 23.2 Å². The number of pyridine rings is 1. The molecule has 1 amide bonds. The van der Waals surface area contributed by atoms with E-state index in [0.29, 0.717) is 22.9 Å². The monoisotopic (exact) mass is 352 g/mol. The number of carbonyl (C=O) groups excluding carboxylic acids is 1. The van der Waals surface area contributed by atoms with Gasteiger partial charge in [-0.05, 0) is 60.2 Å². The van der Waals surface area contributed by atoms with Gasteiger partial charge in [0.15, 0.2) is 0 Å². The minimum Gasteiger partial charge on any atom is -0.497 e. The molecule has 0 unspecified atom stereocenters. The zero-order valence-corrected chi connectivity index (χ0v) is 14.5. The summed E-state index contributed by atoms with van der Waals surface area (Å²) in [4.78, 5) is 18.9. The van der Waals surface area contributed by atoms with Gasteiger partial charge in [0.25, 0.3) is 5.91 Å². The number of aromatic nitrogens is 1. The fourth-order valence-corrected chi connectivity index (χ4v) is 2.59. The molecule has 25 heavy (non-hydrogen) atoms. The predicted molar refractivity (Wildman–Crippen MR) is 99.2 cm³/mol. The van der Waals surface area contributed by atoms with E-state index >= 15 is 0 Å². The number of halogens is 1. The molecule has 1 heterocycles. The van der Waals surface area contributed by atoms with Crippen molar-refractivity contribution in [2.24, 2.45) is 0 Å². The number of benzene rings is 2. The summed E-state index contributed by atoms with van der Waals surface area (Å²) in [7, 11) is 1.60. The van der Waals surface area contributed by atoms with Crippen LogP contribution in [0.3, 0.4) is 0 Å². The molecule has 0 N–H and O–H groups in total. The summed E-state index contributed by atoms with van der Waals surface area (Å²) in [5, 5.41) is 0.627. The zero-order chi connectivity index (χ0) is 17.6. The average molecular weight is 353 g/mol. The molecule has 0 atom stereocenters. The Morgan fingerprint density at radius 2 is 1.80 bits per heavy atom. The van der Waals surface area contributed by atoms with Crippen molar-refractivity contribution in [3.8, 4) is 5.75 Å². The Bertz CT molecular complexity index is 834. The van der Waals surface area contributed by atoms with Gasteiger partial charge in [-0.15, -0.1) is 0 Å². The fourth-order valence-electron chi connectivity index (χ4n) is 2.47. The first kappa shape index (κ1) is 17.0. The second-order valence-corrected chi connectivity index (χ2v) is 5.89. The molecule has 0 aliphatic carbocycles. The van der Waals surface area contributed by atoms with Crippen LogP contribution in [0.5, 0.6) is 5.75 Å². The van der Waals surface area contributed by atoms with Crippen molar-refractivity contribution in [3.05, 3.63) is 89.2 Å². The molecule has 3 rings (SSSR count). The lowest BCUT2D eigenvalue weighted by atomic mass is 10.1. The summed E-state index contributed by atoms with van der Waals surface area (Å²) in [6.45, 7) is 0.417. The third-order valence-electron chi connectivity index (χ3n) is 3.78. The van der Waals surface area contributed by atoms with E-state index in [9.17, 15) is 4.79 Å². The Labute approximate surface area is 151 Å². The second-order valence-electron chi connectivity index (χ2n) is 5.46. The largest absolute Gasteiger partial charge is 0.497 e. The molecule has 3 aromatic rings. The average Bonchev–Trinajstić information content (AvgIpc) is 2.67. The van der Waals surface area contributed by atoms with Crippen molar-refractivity contribution in [1.82, 2.24) is 4.98 Å². The maximum atomic E-state index is 13.1. The van der Waals surface area contributed by atoms with Gasteiger partial charge < -0.3 is 9.64 Å². The normalized spacial score (nSPS) is 10.3. The summed E-state index contributed by atoms with van der Waals surface area (Å²) in [6, 6.07) is 18.1. The zero-order valence-electron chi connectivity index (χ0n) is 13.7. The van der Waals surface area contributed by atoms with Crippen LogP contribution in [0.15, 0.2) is 73.1 Å². The smallest absolute Gasteiger partial charge is 0.258 e. The maximum Gasteiger partial charge on any atom is 0.258 e. The molecule has 1 aromatic heterocycles. The minimum atomic E-state index is -0.103. The lowest BCUT2D eigenvalue weighted by Crippen LogP contribution is -2.30. The highest BCUT2D eigenvalue weighted by molar-refractivity contribution is 6.30. The molecular weight excluding hydrogens is 336 g/mol. The Balaban J connectivity index is 1.94. The first-order valence-corrected chi connectivity index (χ1v) is 8.15. The number of hydrogen-bond acceptors (Lipinski definition) is 3. The van der Waals surface area contributed by atoms with Crippen LogP contribution >= 0.6 is 11.6 Å². The number of methoxy groups -OCH3 is 1. The number of nitrogens with zero attached hydrogens (tertiary/aromatic N) is 2. The van der Waals surface area contributed by atoms with Crippen molar-refractivity contribution in [2.75, 3.05) is 12.0 Å². The number of anilines is 1. The van der Waals surface area contributed by atoms with Gasteiger partial charge >= 0.3 is 0 Å². The topological polar surface area (TPSA) is 42.4 Å². The van der Waals surface area contributed by atoms with Gasteiger partial charge in [-0.25, -0.2) is 0 Å². The SMILES string of the molecule is COc1ccc(C(=O)N(Cc2cccnc2)c2ccc(Cl)cc2)cc1. The summed E-state index contributed by atoms with van der Waals surface area (Å²) < 4.78 is 5.16. The molecule has 2 aromatic carbocycles. The highest BCUT2D eigenvalue weighted by Crippen LogP contribution is 2.23. The van der Waals surface area contributed by atoms with Crippen molar-refractivity contribution in [1.29, 1.82) is 0 Å². The van der Waals surface area contributed by atoms with Gasteiger partial charge in [-0.2, -0.15) is 0 Å².